The van der Waals surface area contributed by atoms with Crippen LogP contribution in [0.3, 0.4) is 0 Å². The molecule has 1 spiro atoms. The van der Waals surface area contributed by atoms with Gasteiger partial charge >= 0.3 is 0 Å². The normalized spacial score (nSPS) is 19.2. The molecule has 2 saturated heterocycles. The Morgan fingerprint density at radius 3 is 2.59 bits per heavy atom. The quantitative estimate of drug-likeness (QED) is 0.593. The molecule has 0 bridgehead atoms. The molecule has 3 aromatic heterocycles. The van der Waals surface area contributed by atoms with Gasteiger partial charge in [-0.05, 0) is 32.0 Å². The molecule has 0 aromatic carbocycles. The van der Waals surface area contributed by atoms with Gasteiger partial charge in [0.2, 0.25) is 5.88 Å². The minimum absolute atomic E-state index is 0.133. The minimum Gasteiger partial charge on any atom is -0.472 e. The van der Waals surface area contributed by atoms with Crippen molar-refractivity contribution in [3.63, 3.8) is 0 Å². The van der Waals surface area contributed by atoms with E-state index in [1.54, 1.807) is 23.2 Å². The van der Waals surface area contributed by atoms with E-state index in [4.69, 9.17) is 9.26 Å². The highest BCUT2D eigenvalue weighted by Crippen LogP contribution is 2.62. The number of aromatic nitrogens is 4. The van der Waals surface area contributed by atoms with Crippen molar-refractivity contribution in [3.05, 3.63) is 53.2 Å². The van der Waals surface area contributed by atoms with Crippen LogP contribution in [-0.2, 0) is 6.61 Å². The number of amides is 1. The van der Waals surface area contributed by atoms with Crippen molar-refractivity contribution in [1.29, 1.82) is 0 Å². The Morgan fingerprint density at radius 1 is 1.19 bits per heavy atom. The van der Waals surface area contributed by atoms with Crippen LogP contribution >= 0.6 is 10.6 Å². The van der Waals surface area contributed by atoms with Crippen LogP contribution in [0.2, 0.25) is 0 Å². The van der Waals surface area contributed by atoms with E-state index in [0.29, 0.717) is 36.0 Å². The standard InChI is InChI=1S/C21H23N5O5S/c1-13-3-4-15(7-22-13)19-16(14(2)31-25-19)8-30-18-6-5-17(23-24-18)20(27)26-9-21(10-26)11-32(28,29)12-21/h3-7,28-29H,8-12H2,1-2H3. The molecule has 2 aliphatic rings. The lowest BCUT2D eigenvalue weighted by Crippen LogP contribution is -2.67. The first-order valence-electron chi connectivity index (χ1n) is 10.1. The minimum atomic E-state index is -2.42. The second kappa shape index (κ2) is 7.54. The van der Waals surface area contributed by atoms with E-state index < -0.39 is 10.6 Å². The number of carbonyl (C=O) groups is 1. The third-order valence-electron chi connectivity index (χ3n) is 5.81. The van der Waals surface area contributed by atoms with Gasteiger partial charge in [-0.2, -0.15) is 10.6 Å². The Hall–Kier alpha value is -3.02. The van der Waals surface area contributed by atoms with Gasteiger partial charge in [0.15, 0.2) is 5.69 Å². The molecule has 2 aliphatic heterocycles. The van der Waals surface area contributed by atoms with Crippen molar-refractivity contribution in [2.75, 3.05) is 24.6 Å². The molecule has 2 fully saturated rings. The maximum atomic E-state index is 12.6. The predicted molar refractivity (Wildman–Crippen MR) is 116 cm³/mol. The van der Waals surface area contributed by atoms with Crippen molar-refractivity contribution in [2.45, 2.75) is 20.5 Å². The molecule has 0 unspecified atom stereocenters. The van der Waals surface area contributed by atoms with Crippen LogP contribution in [-0.4, -0.2) is 64.8 Å². The molecule has 168 valence electrons. The van der Waals surface area contributed by atoms with Crippen LogP contribution in [0, 0.1) is 19.3 Å². The van der Waals surface area contributed by atoms with Gasteiger partial charge in [-0.1, -0.05) is 5.16 Å². The van der Waals surface area contributed by atoms with Crippen molar-refractivity contribution in [2.24, 2.45) is 5.41 Å². The molecule has 32 heavy (non-hydrogen) atoms. The number of nitrogens with zero attached hydrogens (tertiary/aromatic N) is 5. The summed E-state index contributed by atoms with van der Waals surface area (Å²) in [6, 6.07) is 7.01. The fourth-order valence-electron chi connectivity index (χ4n) is 4.24. The third kappa shape index (κ3) is 3.83. The molecule has 0 aliphatic carbocycles. The number of carbonyl (C=O) groups excluding carboxylic acids is 1. The number of likely N-dealkylation sites (tertiary alicyclic amines) is 1. The molecular weight excluding hydrogens is 434 g/mol. The zero-order valence-corrected chi connectivity index (χ0v) is 18.5. The predicted octanol–water partition coefficient (Wildman–Crippen LogP) is 2.93. The number of hydrogen-bond acceptors (Lipinski definition) is 9. The van der Waals surface area contributed by atoms with Crippen LogP contribution < -0.4 is 4.74 Å². The lowest BCUT2D eigenvalue weighted by Gasteiger charge is -2.63. The van der Waals surface area contributed by atoms with E-state index in [1.165, 1.54) is 0 Å². The van der Waals surface area contributed by atoms with Gasteiger partial charge in [0.25, 0.3) is 5.91 Å². The van der Waals surface area contributed by atoms with Crippen LogP contribution in [0.4, 0.5) is 0 Å². The second-order valence-electron chi connectivity index (χ2n) is 8.55. The van der Waals surface area contributed by atoms with Gasteiger partial charge in [0.1, 0.15) is 18.1 Å². The Labute approximate surface area is 186 Å². The molecule has 5 rings (SSSR count). The first kappa shape index (κ1) is 20.9. The van der Waals surface area contributed by atoms with E-state index in [9.17, 15) is 13.9 Å². The molecular formula is C21H23N5O5S. The molecule has 1 amide bonds. The summed E-state index contributed by atoms with van der Waals surface area (Å²) in [5.41, 5.74) is 3.29. The van der Waals surface area contributed by atoms with E-state index in [2.05, 4.69) is 20.3 Å². The highest BCUT2D eigenvalue weighted by atomic mass is 32.3. The zero-order valence-electron chi connectivity index (χ0n) is 17.7. The molecule has 0 radical (unpaired) electrons. The number of pyridine rings is 1. The SMILES string of the molecule is Cc1ccc(-c2noc(C)c2COc2ccc(C(=O)N3CC4(C3)CS(O)(O)C4)nn2)cn1. The Balaban J connectivity index is 1.21. The van der Waals surface area contributed by atoms with Crippen LogP contribution in [0.5, 0.6) is 5.88 Å². The van der Waals surface area contributed by atoms with Crippen LogP contribution in [0.15, 0.2) is 35.0 Å². The fourth-order valence-corrected chi connectivity index (χ4v) is 6.49. The summed E-state index contributed by atoms with van der Waals surface area (Å²) in [5.74, 6) is 1.46. The lowest BCUT2D eigenvalue weighted by molar-refractivity contribution is 0.0167. The first-order valence-corrected chi connectivity index (χ1v) is 12.0. The highest BCUT2D eigenvalue weighted by Gasteiger charge is 2.57. The molecule has 2 N–H and O–H groups in total. The molecule has 11 heteroatoms. The van der Waals surface area contributed by atoms with Crippen molar-refractivity contribution in [1.82, 2.24) is 25.2 Å². The third-order valence-corrected chi connectivity index (χ3v) is 7.96. The largest absolute Gasteiger partial charge is 0.472 e. The highest BCUT2D eigenvalue weighted by molar-refractivity contribution is 8.25. The average molecular weight is 458 g/mol. The number of hydrogen-bond donors (Lipinski definition) is 2. The van der Waals surface area contributed by atoms with E-state index in [0.717, 1.165) is 16.8 Å². The van der Waals surface area contributed by atoms with Crippen molar-refractivity contribution < 1.29 is 23.2 Å². The van der Waals surface area contributed by atoms with Crippen LogP contribution in [0.25, 0.3) is 11.3 Å². The van der Waals surface area contributed by atoms with Gasteiger partial charge in [0.05, 0.1) is 5.56 Å². The number of ether oxygens (including phenoxy) is 1. The smallest absolute Gasteiger partial charge is 0.274 e. The Bertz CT molecular complexity index is 1150. The van der Waals surface area contributed by atoms with E-state index in [-0.39, 0.29) is 29.5 Å². The van der Waals surface area contributed by atoms with Crippen LogP contribution in [0.1, 0.15) is 27.5 Å². The van der Waals surface area contributed by atoms with Gasteiger partial charge in [0, 0.05) is 53.5 Å². The van der Waals surface area contributed by atoms with Gasteiger partial charge in [-0.3, -0.25) is 18.9 Å². The maximum absolute atomic E-state index is 12.6. The van der Waals surface area contributed by atoms with Crippen molar-refractivity contribution >= 4 is 16.5 Å². The first-order chi connectivity index (χ1) is 15.2. The number of aryl methyl sites for hydroxylation is 2. The molecule has 10 nitrogen and oxygen atoms in total. The monoisotopic (exact) mass is 457 g/mol. The van der Waals surface area contributed by atoms with Gasteiger partial charge in [-0.15, -0.1) is 10.2 Å². The molecule has 3 aromatic rings. The summed E-state index contributed by atoms with van der Waals surface area (Å²) in [6.07, 6.45) is 1.74. The molecule has 0 saturated carbocycles. The topological polar surface area (TPSA) is 135 Å². The summed E-state index contributed by atoms with van der Waals surface area (Å²) in [6.45, 7) is 4.95. The summed E-state index contributed by atoms with van der Waals surface area (Å²) in [7, 11) is -2.42. The second-order valence-corrected chi connectivity index (χ2v) is 10.7. The summed E-state index contributed by atoms with van der Waals surface area (Å²) < 4.78 is 30.3. The molecule has 0 atom stereocenters. The van der Waals surface area contributed by atoms with E-state index >= 15 is 0 Å². The summed E-state index contributed by atoms with van der Waals surface area (Å²) in [4.78, 5) is 18.5. The zero-order chi connectivity index (χ0) is 22.5. The van der Waals surface area contributed by atoms with Gasteiger partial charge < -0.3 is 14.2 Å². The maximum Gasteiger partial charge on any atom is 0.274 e. The van der Waals surface area contributed by atoms with Gasteiger partial charge in [-0.25, -0.2) is 0 Å². The summed E-state index contributed by atoms with van der Waals surface area (Å²) in [5, 5.41) is 12.1. The van der Waals surface area contributed by atoms with Crippen molar-refractivity contribution in [3.8, 4) is 17.1 Å². The van der Waals surface area contributed by atoms with E-state index in [1.807, 2.05) is 26.0 Å². The Kier molecular flexibility index (Phi) is 4.91. The average Bonchev–Trinajstić information content (AvgIpc) is 3.09. The summed E-state index contributed by atoms with van der Waals surface area (Å²) >= 11 is 0. The lowest BCUT2D eigenvalue weighted by atomic mass is 9.82. The number of rotatable bonds is 5. The fraction of sp³-hybridized carbons (Fsp3) is 0.381. The molecule has 5 heterocycles. The Morgan fingerprint density at radius 2 is 1.97 bits per heavy atom.